The zero-order valence-electron chi connectivity index (χ0n) is 11.2. The Morgan fingerprint density at radius 2 is 1.79 bits per heavy atom. The first kappa shape index (κ1) is 15.1. The molecule has 1 saturated heterocycles. The van der Waals surface area contributed by atoms with E-state index in [4.69, 9.17) is 0 Å². The fourth-order valence-electron chi connectivity index (χ4n) is 2.42. The predicted octanol–water partition coefficient (Wildman–Crippen LogP) is 2.03. The molecule has 2 rings (SSSR count). The lowest BCUT2D eigenvalue weighted by molar-refractivity contribution is -0.174. The standard InChI is InChI=1S/C13H23F3N2O/c14-13(15,16)10-19-8-7-18-5-3-11(4-6-18)9-17-12-1-2-12/h11-12,17H,1-10H2. The van der Waals surface area contributed by atoms with Gasteiger partial charge in [0.1, 0.15) is 6.61 Å². The van der Waals surface area contributed by atoms with Crippen LogP contribution < -0.4 is 5.32 Å². The topological polar surface area (TPSA) is 24.5 Å². The fraction of sp³-hybridized carbons (Fsp3) is 1.00. The first-order chi connectivity index (χ1) is 9.03. The highest BCUT2D eigenvalue weighted by Crippen LogP contribution is 2.21. The number of nitrogens with zero attached hydrogens (tertiary/aromatic N) is 1. The van der Waals surface area contributed by atoms with Crippen LogP contribution in [0.25, 0.3) is 0 Å². The predicted molar refractivity (Wildman–Crippen MR) is 67.1 cm³/mol. The van der Waals surface area contributed by atoms with Crippen molar-refractivity contribution in [2.24, 2.45) is 5.92 Å². The van der Waals surface area contributed by atoms with Crippen molar-refractivity contribution in [1.29, 1.82) is 0 Å². The molecule has 1 heterocycles. The maximum atomic E-state index is 11.9. The van der Waals surface area contributed by atoms with Gasteiger partial charge < -0.3 is 15.0 Å². The zero-order valence-corrected chi connectivity index (χ0v) is 11.2. The van der Waals surface area contributed by atoms with Crippen LogP contribution in [-0.2, 0) is 4.74 Å². The number of halogens is 3. The molecular formula is C13H23F3N2O. The number of nitrogens with one attached hydrogen (secondary N) is 1. The second kappa shape index (κ2) is 6.90. The molecule has 2 aliphatic rings. The molecule has 19 heavy (non-hydrogen) atoms. The van der Waals surface area contributed by atoms with E-state index in [-0.39, 0.29) is 6.61 Å². The van der Waals surface area contributed by atoms with E-state index in [9.17, 15) is 13.2 Å². The third kappa shape index (κ3) is 6.58. The van der Waals surface area contributed by atoms with Crippen LogP contribution in [-0.4, -0.2) is 56.5 Å². The van der Waals surface area contributed by atoms with E-state index < -0.39 is 12.8 Å². The molecule has 6 heteroatoms. The Hall–Kier alpha value is -0.330. The van der Waals surface area contributed by atoms with Gasteiger partial charge in [0.15, 0.2) is 0 Å². The van der Waals surface area contributed by atoms with Gasteiger partial charge in [-0.2, -0.15) is 13.2 Å². The minimum absolute atomic E-state index is 0.171. The molecule has 3 nitrogen and oxygen atoms in total. The van der Waals surface area contributed by atoms with Gasteiger partial charge in [0.2, 0.25) is 0 Å². The number of likely N-dealkylation sites (tertiary alicyclic amines) is 1. The summed E-state index contributed by atoms with van der Waals surface area (Å²) in [5.74, 6) is 0.730. The summed E-state index contributed by atoms with van der Waals surface area (Å²) in [6.45, 7) is 2.71. The monoisotopic (exact) mass is 280 g/mol. The van der Waals surface area contributed by atoms with Gasteiger partial charge >= 0.3 is 6.18 Å². The minimum Gasteiger partial charge on any atom is -0.371 e. The Bertz CT molecular complexity index is 261. The van der Waals surface area contributed by atoms with Crippen molar-refractivity contribution < 1.29 is 17.9 Å². The van der Waals surface area contributed by atoms with E-state index in [2.05, 4.69) is 15.0 Å². The molecule has 0 aromatic carbocycles. The first-order valence-corrected chi connectivity index (χ1v) is 7.13. The highest BCUT2D eigenvalue weighted by molar-refractivity contribution is 4.83. The molecule has 0 atom stereocenters. The maximum Gasteiger partial charge on any atom is 0.411 e. The van der Waals surface area contributed by atoms with E-state index in [0.29, 0.717) is 6.54 Å². The Morgan fingerprint density at radius 3 is 2.37 bits per heavy atom. The number of alkyl halides is 3. The molecule has 0 spiro atoms. The third-order valence-electron chi connectivity index (χ3n) is 3.80. The van der Waals surface area contributed by atoms with E-state index in [1.54, 1.807) is 0 Å². The Balaban J connectivity index is 1.48. The van der Waals surface area contributed by atoms with E-state index in [1.165, 1.54) is 12.8 Å². The van der Waals surface area contributed by atoms with Crippen LogP contribution in [0.3, 0.4) is 0 Å². The van der Waals surface area contributed by atoms with Crippen molar-refractivity contribution in [2.45, 2.75) is 37.9 Å². The lowest BCUT2D eigenvalue weighted by Gasteiger charge is -2.32. The van der Waals surface area contributed by atoms with Crippen LogP contribution in [0, 0.1) is 5.92 Å². The molecule has 0 radical (unpaired) electrons. The van der Waals surface area contributed by atoms with Gasteiger partial charge in [0.05, 0.1) is 6.61 Å². The molecule has 112 valence electrons. The molecule has 0 aromatic heterocycles. The van der Waals surface area contributed by atoms with Crippen LogP contribution in [0.5, 0.6) is 0 Å². The van der Waals surface area contributed by atoms with Gasteiger partial charge in [0, 0.05) is 12.6 Å². The van der Waals surface area contributed by atoms with Gasteiger partial charge in [-0.3, -0.25) is 0 Å². The zero-order chi connectivity index (χ0) is 13.7. The molecule has 0 bridgehead atoms. The minimum atomic E-state index is -4.21. The molecule has 1 N–H and O–H groups in total. The van der Waals surface area contributed by atoms with Crippen molar-refractivity contribution in [3.8, 4) is 0 Å². The molecule has 0 unspecified atom stereocenters. The van der Waals surface area contributed by atoms with Gasteiger partial charge in [-0.05, 0) is 51.2 Å². The van der Waals surface area contributed by atoms with Crippen molar-refractivity contribution in [1.82, 2.24) is 10.2 Å². The Kier molecular flexibility index (Phi) is 5.47. The van der Waals surface area contributed by atoms with Crippen LogP contribution in [0.1, 0.15) is 25.7 Å². The lowest BCUT2D eigenvalue weighted by Crippen LogP contribution is -2.39. The quantitative estimate of drug-likeness (QED) is 0.722. The third-order valence-corrected chi connectivity index (χ3v) is 3.80. The van der Waals surface area contributed by atoms with Crippen LogP contribution in [0.2, 0.25) is 0 Å². The highest BCUT2D eigenvalue weighted by Gasteiger charge is 2.27. The number of hydrogen-bond donors (Lipinski definition) is 1. The Labute approximate surface area is 112 Å². The summed E-state index contributed by atoms with van der Waals surface area (Å²) in [5, 5.41) is 3.54. The van der Waals surface area contributed by atoms with Crippen molar-refractivity contribution in [2.75, 3.05) is 39.4 Å². The van der Waals surface area contributed by atoms with Gasteiger partial charge in [-0.25, -0.2) is 0 Å². The number of rotatable bonds is 7. The summed E-state index contributed by atoms with van der Waals surface area (Å²) < 4.78 is 40.3. The SMILES string of the molecule is FC(F)(F)COCCN1CCC(CNC2CC2)CC1. The molecule has 0 amide bonds. The van der Waals surface area contributed by atoms with Gasteiger partial charge in [-0.1, -0.05) is 0 Å². The Morgan fingerprint density at radius 1 is 1.11 bits per heavy atom. The van der Waals surface area contributed by atoms with Gasteiger partial charge in [-0.15, -0.1) is 0 Å². The molecular weight excluding hydrogens is 257 g/mol. The molecule has 0 aromatic rings. The average Bonchev–Trinajstić information content (AvgIpc) is 3.16. The second-order valence-electron chi connectivity index (χ2n) is 5.64. The van der Waals surface area contributed by atoms with Gasteiger partial charge in [0.25, 0.3) is 0 Å². The molecule has 2 fully saturated rings. The lowest BCUT2D eigenvalue weighted by atomic mass is 9.97. The van der Waals surface area contributed by atoms with Crippen molar-refractivity contribution >= 4 is 0 Å². The summed E-state index contributed by atoms with van der Waals surface area (Å²) in [4.78, 5) is 2.20. The second-order valence-corrected chi connectivity index (χ2v) is 5.64. The fourth-order valence-corrected chi connectivity index (χ4v) is 2.42. The van der Waals surface area contributed by atoms with Crippen molar-refractivity contribution in [3.63, 3.8) is 0 Å². The van der Waals surface area contributed by atoms with E-state index in [1.807, 2.05) is 0 Å². The van der Waals surface area contributed by atoms with Crippen LogP contribution in [0.15, 0.2) is 0 Å². The highest BCUT2D eigenvalue weighted by atomic mass is 19.4. The first-order valence-electron chi connectivity index (χ1n) is 7.13. The normalized spacial score (nSPS) is 22.9. The molecule has 1 aliphatic carbocycles. The summed E-state index contributed by atoms with van der Waals surface area (Å²) >= 11 is 0. The summed E-state index contributed by atoms with van der Waals surface area (Å²) in [7, 11) is 0. The number of piperidine rings is 1. The van der Waals surface area contributed by atoms with Crippen LogP contribution in [0.4, 0.5) is 13.2 Å². The number of hydrogen-bond acceptors (Lipinski definition) is 3. The summed E-state index contributed by atoms with van der Waals surface area (Å²) in [6.07, 6.45) is 0.699. The van der Waals surface area contributed by atoms with E-state index in [0.717, 1.165) is 44.4 Å². The molecule has 1 saturated carbocycles. The smallest absolute Gasteiger partial charge is 0.371 e. The van der Waals surface area contributed by atoms with Crippen LogP contribution >= 0.6 is 0 Å². The largest absolute Gasteiger partial charge is 0.411 e. The summed E-state index contributed by atoms with van der Waals surface area (Å²) in [6, 6.07) is 0.758. The summed E-state index contributed by atoms with van der Waals surface area (Å²) in [5.41, 5.74) is 0. The van der Waals surface area contributed by atoms with Crippen molar-refractivity contribution in [3.05, 3.63) is 0 Å². The maximum absolute atomic E-state index is 11.9. The average molecular weight is 280 g/mol. The number of ether oxygens (including phenoxy) is 1. The molecule has 1 aliphatic heterocycles. The van der Waals surface area contributed by atoms with E-state index >= 15 is 0 Å².